The number of carbonyl (C=O) groups is 6. The average Bonchev–Trinajstić information content (AvgIpc) is 3.21. The molecular formula is C45H49NO13. The Labute approximate surface area is 341 Å². The van der Waals surface area contributed by atoms with Gasteiger partial charge in [-0.2, -0.15) is 0 Å². The van der Waals surface area contributed by atoms with E-state index in [4.69, 9.17) is 18.9 Å². The summed E-state index contributed by atoms with van der Waals surface area (Å²) < 4.78 is 24.2. The average molecular weight is 812 g/mol. The molecule has 1 heterocycles. The smallest absolute Gasteiger partial charge is 0.338 e. The summed E-state index contributed by atoms with van der Waals surface area (Å²) in [5.41, 5.74) is -7.06. The van der Waals surface area contributed by atoms with Gasteiger partial charge in [-0.3, -0.25) is 19.2 Å². The molecule has 4 N–H and O–H groups in total. The molecule has 12 atom stereocenters. The van der Waals surface area contributed by atoms with Gasteiger partial charge in [0.15, 0.2) is 11.7 Å². The van der Waals surface area contributed by atoms with Crippen molar-refractivity contribution in [2.75, 3.05) is 6.61 Å². The van der Waals surface area contributed by atoms with Crippen molar-refractivity contribution < 1.29 is 63.0 Å². The SMILES string of the molecule is CC(=O)O[C@@]12CO[C@@H]1C[C@H](O)[C@@]1(C)C(=O)C(=O)C3C(C)[C@@H](OC(=O)[C@H](O)[C@@H](NC(=O)c4ccccc4)c4ccccc4)C[C@@](O)([C@@H](OC(=O)c4ccccc4)C12)C3(C)C. The Balaban J connectivity index is 1.32. The highest BCUT2D eigenvalue weighted by Gasteiger charge is 2.79. The van der Waals surface area contributed by atoms with Crippen molar-refractivity contribution in [1.29, 1.82) is 0 Å². The van der Waals surface area contributed by atoms with Gasteiger partial charge in [0.1, 0.15) is 23.9 Å². The van der Waals surface area contributed by atoms with E-state index in [-0.39, 0.29) is 24.2 Å². The highest BCUT2D eigenvalue weighted by atomic mass is 16.6. The molecule has 3 aromatic carbocycles. The van der Waals surface area contributed by atoms with Gasteiger partial charge in [-0.1, -0.05) is 87.5 Å². The second kappa shape index (κ2) is 15.4. The van der Waals surface area contributed by atoms with Gasteiger partial charge in [0.05, 0.1) is 35.6 Å². The van der Waals surface area contributed by atoms with Gasteiger partial charge in [-0.05, 0) is 36.8 Å². The van der Waals surface area contributed by atoms with Gasteiger partial charge in [0.2, 0.25) is 11.6 Å². The molecule has 312 valence electrons. The lowest BCUT2D eigenvalue weighted by Gasteiger charge is -2.67. The Morgan fingerprint density at radius 2 is 1.44 bits per heavy atom. The van der Waals surface area contributed by atoms with Crippen molar-refractivity contribution in [3.05, 3.63) is 108 Å². The van der Waals surface area contributed by atoms with Crippen molar-refractivity contribution in [3.8, 4) is 0 Å². The number of hydrogen-bond donors (Lipinski definition) is 4. The lowest BCUT2D eigenvalue weighted by atomic mass is 9.42. The van der Waals surface area contributed by atoms with Crippen molar-refractivity contribution in [1.82, 2.24) is 5.32 Å². The highest BCUT2D eigenvalue weighted by molar-refractivity contribution is 6.40. The number of fused-ring (bicyclic) bond motifs is 5. The van der Waals surface area contributed by atoms with E-state index in [1.54, 1.807) is 99.6 Å². The summed E-state index contributed by atoms with van der Waals surface area (Å²) in [6.45, 7) is 6.88. The zero-order valence-corrected chi connectivity index (χ0v) is 33.4. The first-order valence-electron chi connectivity index (χ1n) is 19.7. The predicted octanol–water partition coefficient (Wildman–Crippen LogP) is 3.31. The Hall–Kier alpha value is -5.28. The normalized spacial score (nSPS) is 34.2. The van der Waals surface area contributed by atoms with Crippen molar-refractivity contribution in [2.45, 2.75) is 95.2 Å². The van der Waals surface area contributed by atoms with Gasteiger partial charge >= 0.3 is 17.9 Å². The quantitative estimate of drug-likeness (QED) is 0.139. The number of aliphatic hydroxyl groups is 3. The van der Waals surface area contributed by atoms with Crippen LogP contribution in [-0.2, 0) is 38.1 Å². The number of hydrogen-bond acceptors (Lipinski definition) is 13. The van der Waals surface area contributed by atoms with Crippen LogP contribution in [0.1, 0.15) is 79.8 Å². The van der Waals surface area contributed by atoms with E-state index >= 15 is 0 Å². The Kier molecular flexibility index (Phi) is 10.9. The molecule has 2 bridgehead atoms. The third-order valence-electron chi connectivity index (χ3n) is 13.5. The summed E-state index contributed by atoms with van der Waals surface area (Å²) in [6, 6.07) is 23.0. The minimum Gasteiger partial charge on any atom is -0.460 e. The van der Waals surface area contributed by atoms with Gasteiger partial charge in [-0.25, -0.2) is 9.59 Å². The number of carbonyl (C=O) groups excluding carboxylic acids is 6. The summed E-state index contributed by atoms with van der Waals surface area (Å²) >= 11 is 0. The molecule has 14 nitrogen and oxygen atoms in total. The fraction of sp³-hybridized carbons (Fsp3) is 0.467. The van der Waals surface area contributed by atoms with Gasteiger partial charge in [-0.15, -0.1) is 0 Å². The van der Waals surface area contributed by atoms with Crippen LogP contribution in [0.5, 0.6) is 0 Å². The van der Waals surface area contributed by atoms with Crippen molar-refractivity contribution >= 4 is 35.4 Å². The number of benzene rings is 3. The van der Waals surface area contributed by atoms with E-state index in [0.29, 0.717) is 5.56 Å². The van der Waals surface area contributed by atoms with E-state index in [1.807, 2.05) is 0 Å². The maximum Gasteiger partial charge on any atom is 0.338 e. The van der Waals surface area contributed by atoms with Crippen LogP contribution in [0.25, 0.3) is 0 Å². The lowest BCUT2D eigenvalue weighted by molar-refractivity contribution is -0.350. The number of Topliss-reactive ketones (excluding diaryl/α,β-unsaturated/α-hetero) is 2. The minimum atomic E-state index is -2.35. The first-order chi connectivity index (χ1) is 27.9. The monoisotopic (exact) mass is 811 g/mol. The van der Waals surface area contributed by atoms with E-state index < -0.39 is 118 Å². The number of ether oxygens (including phenoxy) is 4. The standard InChI is InChI=1S/C45H49NO13/c1-24-29(57-41(54)35(50)33(26-15-9-6-10-16-26)46-39(52)27-17-11-7-12-18-27)22-45(55)38(58-40(53)28-19-13-8-14-20-28)36-43(5,37(51)34(49)32(24)42(45,3)4)30(48)21-31-44(36,23-56-31)59-25(2)47/h6-20,24,29-33,35-36,38,48,50,55H,21-23H2,1-5H3,(H,46,52)/t24?,29-,30-,31+,32?,33-,35+,36?,38-,43+,44-,45+/m0/s1. The molecule has 4 fully saturated rings. The maximum atomic E-state index is 14.9. The number of amides is 1. The van der Waals surface area contributed by atoms with Crippen LogP contribution < -0.4 is 5.32 Å². The van der Waals surface area contributed by atoms with Crippen LogP contribution in [0.3, 0.4) is 0 Å². The van der Waals surface area contributed by atoms with Crippen molar-refractivity contribution in [3.63, 3.8) is 0 Å². The Morgan fingerprint density at radius 1 is 0.864 bits per heavy atom. The molecule has 14 heteroatoms. The zero-order valence-electron chi connectivity index (χ0n) is 33.4. The maximum absolute atomic E-state index is 14.9. The summed E-state index contributed by atoms with van der Waals surface area (Å²) in [5.74, 6) is -9.44. The number of aliphatic hydroxyl groups excluding tert-OH is 2. The molecule has 1 saturated heterocycles. The molecule has 1 amide bonds. The zero-order chi connectivity index (χ0) is 42.7. The molecule has 3 aromatic rings. The Bertz CT molecular complexity index is 2130. The van der Waals surface area contributed by atoms with E-state index in [0.717, 1.165) is 6.92 Å². The topological polar surface area (TPSA) is 212 Å². The van der Waals surface area contributed by atoms with Crippen LogP contribution in [0, 0.1) is 28.6 Å². The molecule has 0 aromatic heterocycles. The summed E-state index contributed by atoms with van der Waals surface area (Å²) in [5, 5.41) is 39.7. The summed E-state index contributed by atoms with van der Waals surface area (Å²) in [4.78, 5) is 84.2. The largest absolute Gasteiger partial charge is 0.460 e. The molecule has 4 aliphatic rings. The summed E-state index contributed by atoms with van der Waals surface area (Å²) in [7, 11) is 0. The van der Waals surface area contributed by atoms with E-state index in [9.17, 15) is 44.1 Å². The number of esters is 3. The first kappa shape index (κ1) is 41.9. The molecule has 1 aliphatic heterocycles. The van der Waals surface area contributed by atoms with Crippen LogP contribution in [0.15, 0.2) is 91.0 Å². The van der Waals surface area contributed by atoms with Gasteiger partial charge in [0.25, 0.3) is 5.91 Å². The Morgan fingerprint density at radius 3 is 2.00 bits per heavy atom. The second-order valence-corrected chi connectivity index (χ2v) is 17.1. The fourth-order valence-electron chi connectivity index (χ4n) is 10.2. The molecule has 3 unspecified atom stereocenters. The molecule has 7 rings (SSSR count). The molecular weight excluding hydrogens is 762 g/mol. The summed E-state index contributed by atoms with van der Waals surface area (Å²) in [6.07, 6.45) is -8.48. The molecule has 59 heavy (non-hydrogen) atoms. The van der Waals surface area contributed by atoms with Crippen LogP contribution >= 0.6 is 0 Å². The first-order valence-corrected chi connectivity index (χ1v) is 19.7. The molecule has 3 saturated carbocycles. The predicted molar refractivity (Wildman–Crippen MR) is 207 cm³/mol. The van der Waals surface area contributed by atoms with E-state index in [2.05, 4.69) is 5.32 Å². The highest BCUT2D eigenvalue weighted by Crippen LogP contribution is 2.64. The van der Waals surface area contributed by atoms with Crippen LogP contribution in [-0.4, -0.2) is 99.0 Å². The fourth-order valence-corrected chi connectivity index (χ4v) is 10.2. The number of nitrogens with one attached hydrogen (secondary N) is 1. The lowest BCUT2D eigenvalue weighted by Crippen LogP contribution is -2.82. The molecule has 0 spiro atoms. The third-order valence-corrected chi connectivity index (χ3v) is 13.5. The van der Waals surface area contributed by atoms with Crippen LogP contribution in [0.4, 0.5) is 0 Å². The molecule has 0 radical (unpaired) electrons. The van der Waals surface area contributed by atoms with Crippen LogP contribution in [0.2, 0.25) is 0 Å². The van der Waals surface area contributed by atoms with Gasteiger partial charge < -0.3 is 39.6 Å². The van der Waals surface area contributed by atoms with Gasteiger partial charge in [0, 0.05) is 42.6 Å². The molecule has 3 aliphatic carbocycles. The number of ketones is 2. The second-order valence-electron chi connectivity index (χ2n) is 17.1. The third kappa shape index (κ3) is 6.75. The van der Waals surface area contributed by atoms with E-state index in [1.165, 1.54) is 19.1 Å². The number of rotatable bonds is 9. The minimum absolute atomic E-state index is 0.0794. The van der Waals surface area contributed by atoms with Crippen molar-refractivity contribution in [2.24, 2.45) is 28.6 Å².